The highest BCUT2D eigenvalue weighted by molar-refractivity contribution is 5.76. The molecule has 1 saturated heterocycles. The van der Waals surface area contributed by atoms with Crippen molar-refractivity contribution in [3.63, 3.8) is 0 Å². The van der Waals surface area contributed by atoms with Gasteiger partial charge in [-0.2, -0.15) is 0 Å². The third-order valence-corrected chi connectivity index (χ3v) is 6.09. The number of para-hydroxylation sites is 2. The molecule has 6 nitrogen and oxygen atoms in total. The highest BCUT2D eigenvalue weighted by Gasteiger charge is 2.25. The first kappa shape index (κ1) is 22.6. The molecule has 32 heavy (non-hydrogen) atoms. The Morgan fingerprint density at radius 2 is 1.91 bits per heavy atom. The summed E-state index contributed by atoms with van der Waals surface area (Å²) < 4.78 is 19.2. The molecule has 1 atom stereocenters. The van der Waals surface area contributed by atoms with Gasteiger partial charge in [0.1, 0.15) is 30.0 Å². The fraction of sp³-hybridized carbons (Fsp3) is 0.500. The number of imidazole rings is 1. The molecule has 6 heteroatoms. The first-order chi connectivity index (χ1) is 15.4. The molecule has 1 aromatic heterocycles. The summed E-state index contributed by atoms with van der Waals surface area (Å²) in [7, 11) is 1.66. The maximum atomic E-state index is 10.9. The van der Waals surface area contributed by atoms with Crippen LogP contribution in [0.2, 0.25) is 0 Å². The van der Waals surface area contributed by atoms with Gasteiger partial charge in [-0.25, -0.2) is 4.98 Å². The van der Waals surface area contributed by atoms with E-state index in [4.69, 9.17) is 19.2 Å². The van der Waals surface area contributed by atoms with Gasteiger partial charge < -0.3 is 23.9 Å². The molecule has 1 unspecified atom stereocenters. The highest BCUT2D eigenvalue weighted by Crippen LogP contribution is 2.35. The van der Waals surface area contributed by atoms with Crippen LogP contribution in [-0.4, -0.2) is 47.7 Å². The Bertz CT molecular complexity index is 1050. The number of rotatable bonds is 7. The Morgan fingerprint density at radius 3 is 2.62 bits per heavy atom. The van der Waals surface area contributed by atoms with Crippen LogP contribution in [0.5, 0.6) is 11.5 Å². The molecule has 2 aromatic carbocycles. The lowest BCUT2D eigenvalue weighted by atomic mass is 9.86. The van der Waals surface area contributed by atoms with Crippen molar-refractivity contribution in [2.45, 2.75) is 57.6 Å². The number of ether oxygens (including phenoxy) is 3. The number of fused-ring (bicyclic) bond motifs is 1. The zero-order valence-electron chi connectivity index (χ0n) is 19.5. The van der Waals surface area contributed by atoms with Crippen LogP contribution in [-0.2, 0) is 16.7 Å². The van der Waals surface area contributed by atoms with Gasteiger partial charge in [0.25, 0.3) is 0 Å². The molecule has 0 saturated carbocycles. The predicted octanol–water partition coefficient (Wildman–Crippen LogP) is 4.68. The van der Waals surface area contributed by atoms with Gasteiger partial charge in [-0.1, -0.05) is 32.9 Å². The molecule has 0 bridgehead atoms. The van der Waals surface area contributed by atoms with Gasteiger partial charge in [-0.05, 0) is 48.6 Å². The van der Waals surface area contributed by atoms with Crippen LogP contribution in [0.3, 0.4) is 0 Å². The van der Waals surface area contributed by atoms with E-state index in [1.54, 1.807) is 7.11 Å². The fourth-order valence-electron chi connectivity index (χ4n) is 4.35. The smallest absolute Gasteiger partial charge is 0.123 e. The Hall–Kier alpha value is -2.57. The van der Waals surface area contributed by atoms with E-state index in [1.807, 2.05) is 36.4 Å². The summed E-state index contributed by atoms with van der Waals surface area (Å²) >= 11 is 0. The van der Waals surface area contributed by atoms with E-state index in [0.29, 0.717) is 12.5 Å². The van der Waals surface area contributed by atoms with Gasteiger partial charge in [-0.3, -0.25) is 0 Å². The summed E-state index contributed by atoms with van der Waals surface area (Å²) in [6, 6.07) is 13.9. The largest absolute Gasteiger partial charge is 0.497 e. The highest BCUT2D eigenvalue weighted by atomic mass is 16.5. The lowest BCUT2D eigenvalue weighted by Crippen LogP contribution is -2.27. The molecule has 3 aromatic rings. The van der Waals surface area contributed by atoms with Crippen LogP contribution in [0.15, 0.2) is 42.5 Å². The van der Waals surface area contributed by atoms with Crippen LogP contribution >= 0.6 is 0 Å². The third-order valence-electron chi connectivity index (χ3n) is 6.09. The second-order valence-electron chi connectivity index (χ2n) is 9.53. The van der Waals surface area contributed by atoms with E-state index in [-0.39, 0.29) is 12.0 Å². The monoisotopic (exact) mass is 438 g/mol. The lowest BCUT2D eigenvalue weighted by molar-refractivity contribution is 0.0778. The lowest BCUT2D eigenvalue weighted by Gasteiger charge is -2.25. The first-order valence-corrected chi connectivity index (χ1v) is 11.4. The Labute approximate surface area is 190 Å². The van der Waals surface area contributed by atoms with Gasteiger partial charge in [0, 0.05) is 24.7 Å². The second-order valence-corrected chi connectivity index (χ2v) is 9.53. The van der Waals surface area contributed by atoms with E-state index in [0.717, 1.165) is 60.0 Å². The van der Waals surface area contributed by atoms with E-state index >= 15 is 0 Å². The van der Waals surface area contributed by atoms with Crippen molar-refractivity contribution in [1.29, 1.82) is 0 Å². The normalized spacial score (nSPS) is 16.3. The summed E-state index contributed by atoms with van der Waals surface area (Å²) in [6.07, 6.45) is 1.24. The Kier molecular flexibility index (Phi) is 6.72. The maximum absolute atomic E-state index is 10.9. The van der Waals surface area contributed by atoms with Crippen molar-refractivity contribution >= 4 is 11.0 Å². The minimum atomic E-state index is -0.666. The maximum Gasteiger partial charge on any atom is 0.123 e. The zero-order chi connectivity index (χ0) is 22.7. The van der Waals surface area contributed by atoms with Gasteiger partial charge >= 0.3 is 0 Å². The minimum Gasteiger partial charge on any atom is -0.497 e. The number of aliphatic hydroxyl groups is 1. The molecule has 0 amide bonds. The summed E-state index contributed by atoms with van der Waals surface area (Å²) in [4.78, 5) is 4.91. The standard InChI is InChI=1S/C26H34N2O4/c1-26(2,3)21-15-20(30-4)9-10-24(21)32-17-19(29)16-28-23-8-6-5-7-22(23)27-25(28)18-11-13-31-14-12-18/h5-10,15,18-19,29H,11-14,16-17H2,1-4H3. The summed E-state index contributed by atoms with van der Waals surface area (Å²) in [5, 5.41) is 10.9. The summed E-state index contributed by atoms with van der Waals surface area (Å²) in [6.45, 7) is 8.58. The molecular formula is C26H34N2O4. The van der Waals surface area contributed by atoms with E-state index in [1.165, 1.54) is 0 Å². The number of aromatic nitrogens is 2. The average Bonchev–Trinajstić information content (AvgIpc) is 3.16. The fourth-order valence-corrected chi connectivity index (χ4v) is 4.35. The molecule has 172 valence electrons. The van der Waals surface area contributed by atoms with Crippen molar-refractivity contribution in [2.75, 3.05) is 26.9 Å². The summed E-state index contributed by atoms with van der Waals surface area (Å²) in [5.41, 5.74) is 2.96. The van der Waals surface area contributed by atoms with Crippen LogP contribution in [0.1, 0.15) is 50.9 Å². The predicted molar refractivity (Wildman–Crippen MR) is 126 cm³/mol. The van der Waals surface area contributed by atoms with Crippen molar-refractivity contribution < 1.29 is 19.3 Å². The topological polar surface area (TPSA) is 65.7 Å². The molecule has 1 aliphatic rings. The molecule has 1 fully saturated rings. The molecule has 2 heterocycles. The van der Waals surface area contributed by atoms with Crippen LogP contribution in [0.25, 0.3) is 11.0 Å². The van der Waals surface area contributed by atoms with Gasteiger partial charge in [0.05, 0.1) is 24.7 Å². The molecule has 1 N–H and O–H groups in total. The third kappa shape index (κ3) is 4.92. The number of hydrogen-bond donors (Lipinski definition) is 1. The average molecular weight is 439 g/mol. The van der Waals surface area contributed by atoms with Gasteiger partial charge in [0.15, 0.2) is 0 Å². The van der Waals surface area contributed by atoms with E-state index in [2.05, 4.69) is 31.4 Å². The molecule has 0 radical (unpaired) electrons. The first-order valence-electron chi connectivity index (χ1n) is 11.4. The molecule has 0 aliphatic carbocycles. The molecule has 1 aliphatic heterocycles. The van der Waals surface area contributed by atoms with Crippen LogP contribution in [0, 0.1) is 0 Å². The molecular weight excluding hydrogens is 404 g/mol. The quantitative estimate of drug-likeness (QED) is 0.580. The Balaban J connectivity index is 1.53. The second kappa shape index (κ2) is 9.51. The summed E-state index contributed by atoms with van der Waals surface area (Å²) in [5.74, 6) is 2.96. The minimum absolute atomic E-state index is 0.106. The number of benzene rings is 2. The van der Waals surface area contributed by atoms with E-state index in [9.17, 15) is 5.11 Å². The van der Waals surface area contributed by atoms with Crippen molar-refractivity contribution in [3.8, 4) is 11.5 Å². The van der Waals surface area contributed by atoms with Gasteiger partial charge in [-0.15, -0.1) is 0 Å². The number of aliphatic hydroxyl groups excluding tert-OH is 1. The zero-order valence-corrected chi connectivity index (χ0v) is 19.5. The molecule has 0 spiro atoms. The number of nitrogens with zero attached hydrogens (tertiary/aromatic N) is 2. The SMILES string of the molecule is COc1ccc(OCC(O)Cn2c(C3CCOCC3)nc3ccccc32)c(C(C)(C)C)c1. The Morgan fingerprint density at radius 1 is 1.16 bits per heavy atom. The van der Waals surface area contributed by atoms with Gasteiger partial charge in [0.2, 0.25) is 0 Å². The van der Waals surface area contributed by atoms with Crippen molar-refractivity contribution in [3.05, 3.63) is 53.9 Å². The van der Waals surface area contributed by atoms with Crippen molar-refractivity contribution in [2.24, 2.45) is 0 Å². The van der Waals surface area contributed by atoms with Crippen LogP contribution in [0.4, 0.5) is 0 Å². The number of hydrogen-bond acceptors (Lipinski definition) is 5. The van der Waals surface area contributed by atoms with E-state index < -0.39 is 6.10 Å². The number of methoxy groups -OCH3 is 1. The van der Waals surface area contributed by atoms with Crippen molar-refractivity contribution in [1.82, 2.24) is 9.55 Å². The van der Waals surface area contributed by atoms with Crippen LogP contribution < -0.4 is 9.47 Å². The molecule has 4 rings (SSSR count).